The monoisotopic (exact) mass is 671 g/mol. The molecule has 3 N–H and O–H groups in total. The van der Waals surface area contributed by atoms with Crippen LogP contribution in [0.1, 0.15) is 50.5 Å². The molecule has 46 heavy (non-hydrogen) atoms. The highest BCUT2D eigenvalue weighted by Gasteiger charge is 2.52. The molecule has 3 aromatic rings. The number of nitrogens with zero attached hydrogens (tertiary/aromatic N) is 1. The number of likely N-dealkylation sites (tertiary alicyclic amines) is 1. The van der Waals surface area contributed by atoms with Crippen molar-refractivity contribution in [2.24, 2.45) is 23.5 Å². The van der Waals surface area contributed by atoms with E-state index in [-0.39, 0.29) is 35.9 Å². The molecule has 3 aliphatic rings. The quantitative estimate of drug-likeness (QED) is 0.253. The first-order valence-electron chi connectivity index (χ1n) is 16.0. The van der Waals surface area contributed by atoms with Crippen LogP contribution in [0.4, 0.5) is 8.78 Å². The highest BCUT2D eigenvalue weighted by Crippen LogP contribution is 2.39. The van der Waals surface area contributed by atoms with E-state index in [4.69, 9.17) is 22.1 Å². The minimum Gasteiger partial charge on any atom is -0.493 e. The fraction of sp³-hybridized carbons (Fsp3) is 0.457. The van der Waals surface area contributed by atoms with Crippen LogP contribution in [0, 0.1) is 17.8 Å². The maximum Gasteiger partial charge on any atom is 0.298 e. The number of carbonyl (C=O) groups is 1. The summed E-state index contributed by atoms with van der Waals surface area (Å²) in [6.45, 7) is 0.978. The van der Waals surface area contributed by atoms with Gasteiger partial charge in [0.15, 0.2) is 6.04 Å². The number of nitrogens with two attached hydrogens (primary N) is 1. The number of amides is 1. The Morgan fingerprint density at radius 3 is 2.04 bits per heavy atom. The predicted molar refractivity (Wildman–Crippen MR) is 174 cm³/mol. The zero-order chi connectivity index (χ0) is 32.5. The Bertz CT molecular complexity index is 1600. The summed E-state index contributed by atoms with van der Waals surface area (Å²) in [5.41, 5.74) is 7.28. The number of nitrogens with one attached hydrogen (secondary N) is 1. The molecular formula is C35H40ClF2N3O4S. The van der Waals surface area contributed by atoms with E-state index in [0.717, 1.165) is 31.2 Å². The van der Waals surface area contributed by atoms with Crippen LogP contribution >= 0.6 is 11.6 Å². The van der Waals surface area contributed by atoms with Crippen LogP contribution < -0.4 is 15.2 Å². The van der Waals surface area contributed by atoms with Gasteiger partial charge in [0.2, 0.25) is 15.9 Å². The third-order valence-electron chi connectivity index (χ3n) is 9.89. The lowest BCUT2D eigenvalue weighted by molar-refractivity contribution is -0.146. The second-order valence-electron chi connectivity index (χ2n) is 13.0. The Balaban J connectivity index is 1.24. The fourth-order valence-electron chi connectivity index (χ4n) is 7.11. The lowest BCUT2D eigenvalue weighted by Gasteiger charge is -2.39. The lowest BCUT2D eigenvalue weighted by Crippen LogP contribution is -2.60. The molecule has 246 valence electrons. The SMILES string of the molecule is N[C@H]1[C@@H]2CC[C@H]1CN(C(=O)[C@@H](NS(=O)(=O)c1ccc(OCC3CCCCC3)cc1)C(F)(F)c1ccc(-c3ccc(Cl)cc3)cc1)C2. The summed E-state index contributed by atoms with van der Waals surface area (Å²) < 4.78 is 68.1. The average Bonchev–Trinajstić information content (AvgIpc) is 3.25. The number of alkyl halides is 2. The van der Waals surface area contributed by atoms with Gasteiger partial charge in [-0.05, 0) is 91.0 Å². The number of hydrogen-bond acceptors (Lipinski definition) is 5. The van der Waals surface area contributed by atoms with E-state index in [2.05, 4.69) is 4.72 Å². The van der Waals surface area contributed by atoms with Crippen molar-refractivity contribution < 1.29 is 26.7 Å². The number of rotatable bonds is 10. The fourth-order valence-corrected chi connectivity index (χ4v) is 8.42. The topological polar surface area (TPSA) is 102 Å². The molecule has 1 aliphatic heterocycles. The molecule has 7 nitrogen and oxygen atoms in total. The Kier molecular flexibility index (Phi) is 9.71. The molecule has 1 amide bonds. The van der Waals surface area contributed by atoms with Crippen molar-refractivity contribution in [2.45, 2.75) is 67.8 Å². The van der Waals surface area contributed by atoms with Gasteiger partial charge in [-0.1, -0.05) is 67.3 Å². The second kappa shape index (κ2) is 13.6. The minimum absolute atomic E-state index is 0.00612. The highest BCUT2D eigenvalue weighted by molar-refractivity contribution is 7.89. The first-order valence-corrected chi connectivity index (χ1v) is 17.9. The first-order chi connectivity index (χ1) is 22.0. The van der Waals surface area contributed by atoms with Crippen LogP contribution in [0.3, 0.4) is 0 Å². The van der Waals surface area contributed by atoms with Gasteiger partial charge in [-0.3, -0.25) is 4.79 Å². The molecule has 1 heterocycles. The van der Waals surface area contributed by atoms with Gasteiger partial charge in [0, 0.05) is 29.7 Å². The predicted octanol–water partition coefficient (Wildman–Crippen LogP) is 6.60. The maximum absolute atomic E-state index is 16.5. The second-order valence-corrected chi connectivity index (χ2v) is 15.1. The molecule has 4 atom stereocenters. The van der Waals surface area contributed by atoms with E-state index < -0.39 is 33.5 Å². The van der Waals surface area contributed by atoms with Gasteiger partial charge in [0.05, 0.1) is 11.5 Å². The van der Waals surface area contributed by atoms with E-state index in [0.29, 0.717) is 28.9 Å². The highest BCUT2D eigenvalue weighted by atomic mass is 35.5. The summed E-state index contributed by atoms with van der Waals surface area (Å²) in [7, 11) is -4.53. The molecule has 3 aromatic carbocycles. The van der Waals surface area contributed by atoms with Crippen molar-refractivity contribution in [2.75, 3.05) is 19.7 Å². The Hall–Kier alpha value is -3.05. The average molecular weight is 672 g/mol. The van der Waals surface area contributed by atoms with E-state index in [9.17, 15) is 13.2 Å². The van der Waals surface area contributed by atoms with Crippen LogP contribution in [0.5, 0.6) is 5.75 Å². The summed E-state index contributed by atoms with van der Waals surface area (Å²) >= 11 is 5.99. The minimum atomic E-state index is -4.53. The number of benzene rings is 3. The van der Waals surface area contributed by atoms with Crippen molar-refractivity contribution in [1.82, 2.24) is 9.62 Å². The zero-order valence-electron chi connectivity index (χ0n) is 25.6. The van der Waals surface area contributed by atoms with Crippen molar-refractivity contribution in [1.29, 1.82) is 0 Å². The Morgan fingerprint density at radius 1 is 0.891 bits per heavy atom. The van der Waals surface area contributed by atoms with Crippen LogP contribution in [0.15, 0.2) is 77.7 Å². The molecular weight excluding hydrogens is 632 g/mol. The van der Waals surface area contributed by atoms with Gasteiger partial charge in [-0.2, -0.15) is 13.5 Å². The summed E-state index contributed by atoms with van der Waals surface area (Å²) in [5, 5.41) is 0.550. The largest absolute Gasteiger partial charge is 0.493 e. The maximum atomic E-state index is 16.5. The molecule has 2 aliphatic carbocycles. The van der Waals surface area contributed by atoms with E-state index in [1.54, 1.807) is 24.3 Å². The number of piperidine rings is 1. The number of carbonyl (C=O) groups excluding carboxylic acids is 1. The normalized spacial score (nSPS) is 22.9. The molecule has 1 saturated heterocycles. The van der Waals surface area contributed by atoms with E-state index in [1.165, 1.54) is 72.7 Å². The van der Waals surface area contributed by atoms with Crippen molar-refractivity contribution >= 4 is 27.5 Å². The van der Waals surface area contributed by atoms with E-state index in [1.807, 2.05) is 0 Å². The molecule has 0 radical (unpaired) electrons. The molecule has 6 rings (SSSR count). The first kappa shape index (κ1) is 32.9. The standard InChI is InChI=1S/C35H40ClF2N3O4S/c36-29-14-10-25(11-15-29)24-8-12-28(13-9-24)35(37,38)33(34(42)41-20-26-6-7-27(21-41)32(26)39)40-46(43,44)31-18-16-30(17-19-31)45-22-23-4-2-1-3-5-23/h8-19,23,26-27,32-33,40H,1-7,20-22,39H2/t26-,27+,32+,33-/m1/s1. The molecule has 0 unspecified atom stereocenters. The third kappa shape index (κ3) is 7.10. The van der Waals surface area contributed by atoms with Crippen molar-refractivity contribution in [3.63, 3.8) is 0 Å². The van der Waals surface area contributed by atoms with Crippen LogP contribution in [-0.4, -0.2) is 51.0 Å². The van der Waals surface area contributed by atoms with Gasteiger partial charge >= 0.3 is 0 Å². The summed E-state index contributed by atoms with van der Waals surface area (Å²) in [5.74, 6) is -3.88. The van der Waals surface area contributed by atoms with Gasteiger partial charge < -0.3 is 15.4 Å². The smallest absolute Gasteiger partial charge is 0.298 e. The molecule has 11 heteroatoms. The number of fused-ring (bicyclic) bond motifs is 2. The van der Waals surface area contributed by atoms with Crippen molar-refractivity contribution in [3.8, 4) is 16.9 Å². The number of sulfonamides is 1. The Morgan fingerprint density at radius 2 is 1.46 bits per heavy atom. The van der Waals surface area contributed by atoms with Crippen molar-refractivity contribution in [3.05, 3.63) is 83.4 Å². The van der Waals surface area contributed by atoms with Crippen LogP contribution in [0.25, 0.3) is 11.1 Å². The number of halogens is 3. The molecule has 0 aromatic heterocycles. The number of hydrogen-bond donors (Lipinski definition) is 2. The van der Waals surface area contributed by atoms with Gasteiger partial charge in [-0.15, -0.1) is 0 Å². The molecule has 3 fully saturated rings. The van der Waals surface area contributed by atoms with Gasteiger partial charge in [0.1, 0.15) is 5.75 Å². The lowest BCUT2D eigenvalue weighted by atomic mass is 9.90. The Labute approximate surface area is 274 Å². The molecule has 2 bridgehead atoms. The van der Waals surface area contributed by atoms with Crippen LogP contribution in [0.2, 0.25) is 5.02 Å². The van der Waals surface area contributed by atoms with E-state index >= 15 is 8.78 Å². The van der Waals surface area contributed by atoms with Gasteiger partial charge in [-0.25, -0.2) is 8.42 Å². The molecule has 2 saturated carbocycles. The molecule has 0 spiro atoms. The van der Waals surface area contributed by atoms with Gasteiger partial charge in [0.25, 0.3) is 5.92 Å². The van der Waals surface area contributed by atoms with Crippen LogP contribution in [-0.2, 0) is 20.7 Å². The summed E-state index contributed by atoms with van der Waals surface area (Å²) in [6.07, 6.45) is 7.43. The summed E-state index contributed by atoms with van der Waals surface area (Å²) in [6, 6.07) is 15.7. The third-order valence-corrected chi connectivity index (χ3v) is 11.6. The number of ether oxygens (including phenoxy) is 1. The zero-order valence-corrected chi connectivity index (χ0v) is 27.2. The summed E-state index contributed by atoms with van der Waals surface area (Å²) in [4.78, 5) is 15.0.